The molecule has 13 heteroatoms. The lowest BCUT2D eigenvalue weighted by atomic mass is 10.0. The first-order chi connectivity index (χ1) is 20.3. The molecule has 0 bridgehead atoms. The van der Waals surface area contributed by atoms with Gasteiger partial charge in [-0.05, 0) is 42.8 Å². The average Bonchev–Trinajstić information content (AvgIpc) is 3.38. The average molecular weight is 612 g/mol. The van der Waals surface area contributed by atoms with Crippen molar-refractivity contribution in [3.05, 3.63) is 94.4 Å². The van der Waals surface area contributed by atoms with Crippen LogP contribution in [-0.4, -0.2) is 72.5 Å². The zero-order valence-corrected chi connectivity index (χ0v) is 23.4. The second kappa shape index (κ2) is 13.6. The SMILES string of the molecule is Cc1ccc(CN(Cc2ccccc2)C(=O)CN(CCN2CCOCC2)C(=O)c2cc(C(F)(F)F)cc(C(F)(F)F)c2)o1. The van der Waals surface area contributed by atoms with Crippen molar-refractivity contribution in [2.75, 3.05) is 45.9 Å². The van der Waals surface area contributed by atoms with Crippen LogP contribution in [0.5, 0.6) is 0 Å². The number of amides is 2. The van der Waals surface area contributed by atoms with Gasteiger partial charge in [0.1, 0.15) is 18.1 Å². The van der Waals surface area contributed by atoms with Crippen molar-refractivity contribution < 1.29 is 45.1 Å². The summed E-state index contributed by atoms with van der Waals surface area (Å²) in [6.07, 6.45) is -10.3. The van der Waals surface area contributed by atoms with E-state index in [-0.39, 0.29) is 32.2 Å². The molecule has 4 rings (SSSR count). The lowest BCUT2D eigenvalue weighted by Gasteiger charge is -2.31. The molecule has 0 spiro atoms. The molecule has 0 saturated carbocycles. The fraction of sp³-hybridized carbons (Fsp3) is 0.400. The van der Waals surface area contributed by atoms with Crippen molar-refractivity contribution in [2.24, 2.45) is 0 Å². The van der Waals surface area contributed by atoms with E-state index in [4.69, 9.17) is 9.15 Å². The van der Waals surface area contributed by atoms with Crippen LogP contribution in [0.2, 0.25) is 0 Å². The number of hydrogen-bond acceptors (Lipinski definition) is 5. The van der Waals surface area contributed by atoms with Crippen molar-refractivity contribution in [3.8, 4) is 0 Å². The van der Waals surface area contributed by atoms with Crippen molar-refractivity contribution >= 4 is 11.8 Å². The van der Waals surface area contributed by atoms with Crippen LogP contribution in [0.4, 0.5) is 26.3 Å². The van der Waals surface area contributed by atoms with Gasteiger partial charge in [0.05, 0.1) is 30.9 Å². The molecular formula is C30H31F6N3O4. The van der Waals surface area contributed by atoms with Gasteiger partial charge in [-0.2, -0.15) is 26.3 Å². The maximum Gasteiger partial charge on any atom is 0.416 e. The highest BCUT2D eigenvalue weighted by molar-refractivity contribution is 5.97. The van der Waals surface area contributed by atoms with E-state index >= 15 is 0 Å². The summed E-state index contributed by atoms with van der Waals surface area (Å²) in [7, 11) is 0. The van der Waals surface area contributed by atoms with Crippen LogP contribution in [0.15, 0.2) is 65.1 Å². The van der Waals surface area contributed by atoms with Gasteiger partial charge in [-0.15, -0.1) is 0 Å². The molecule has 1 fully saturated rings. The summed E-state index contributed by atoms with van der Waals surface area (Å²) in [6.45, 7) is 3.37. The molecule has 2 aromatic carbocycles. The van der Waals surface area contributed by atoms with Crippen molar-refractivity contribution in [1.29, 1.82) is 0 Å². The summed E-state index contributed by atoms with van der Waals surface area (Å²) >= 11 is 0. The summed E-state index contributed by atoms with van der Waals surface area (Å²) in [5.74, 6) is -0.585. The third kappa shape index (κ3) is 9.07. The molecule has 0 aliphatic carbocycles. The molecule has 0 unspecified atom stereocenters. The summed E-state index contributed by atoms with van der Waals surface area (Å²) in [5.41, 5.74) is -3.25. The molecule has 1 aliphatic rings. The zero-order chi connectivity index (χ0) is 31.2. The number of rotatable bonds is 10. The molecule has 0 N–H and O–H groups in total. The van der Waals surface area contributed by atoms with E-state index in [0.29, 0.717) is 50.0 Å². The van der Waals surface area contributed by atoms with Crippen LogP contribution in [-0.2, 0) is 35.0 Å². The fourth-order valence-electron chi connectivity index (χ4n) is 4.66. The highest BCUT2D eigenvalue weighted by Gasteiger charge is 2.38. The molecule has 2 amide bonds. The predicted molar refractivity (Wildman–Crippen MR) is 144 cm³/mol. The quantitative estimate of drug-likeness (QED) is 0.278. The first-order valence-electron chi connectivity index (χ1n) is 13.6. The number of halogens is 6. The Morgan fingerprint density at radius 3 is 2.02 bits per heavy atom. The highest BCUT2D eigenvalue weighted by Crippen LogP contribution is 2.36. The lowest BCUT2D eigenvalue weighted by molar-refractivity contribution is -0.143. The van der Waals surface area contributed by atoms with Crippen LogP contribution in [0.25, 0.3) is 0 Å². The van der Waals surface area contributed by atoms with Crippen LogP contribution in [0, 0.1) is 6.92 Å². The Balaban J connectivity index is 1.65. The molecule has 1 saturated heterocycles. The Morgan fingerprint density at radius 1 is 0.837 bits per heavy atom. The molecular weight excluding hydrogens is 580 g/mol. The van der Waals surface area contributed by atoms with Gasteiger partial charge in [-0.3, -0.25) is 14.5 Å². The molecule has 1 aromatic heterocycles. The van der Waals surface area contributed by atoms with Gasteiger partial charge in [0, 0.05) is 38.3 Å². The first-order valence-corrected chi connectivity index (χ1v) is 13.6. The molecule has 7 nitrogen and oxygen atoms in total. The second-order valence-corrected chi connectivity index (χ2v) is 10.2. The minimum absolute atomic E-state index is 0.0348. The zero-order valence-electron chi connectivity index (χ0n) is 23.4. The van der Waals surface area contributed by atoms with Crippen LogP contribution < -0.4 is 0 Å². The Kier molecular flexibility index (Phi) is 10.2. The summed E-state index contributed by atoms with van der Waals surface area (Å²) in [4.78, 5) is 31.7. The van der Waals surface area contributed by atoms with Crippen LogP contribution in [0.1, 0.15) is 38.6 Å². The smallest absolute Gasteiger partial charge is 0.416 e. The number of aryl methyl sites for hydroxylation is 1. The Hall–Kier alpha value is -3.84. The normalized spacial score (nSPS) is 14.5. The van der Waals surface area contributed by atoms with Gasteiger partial charge in [0.2, 0.25) is 5.91 Å². The molecule has 0 radical (unpaired) electrons. The number of nitrogens with zero attached hydrogens (tertiary/aromatic N) is 3. The number of furan rings is 1. The van der Waals surface area contributed by atoms with Crippen molar-refractivity contribution in [2.45, 2.75) is 32.4 Å². The van der Waals surface area contributed by atoms with Gasteiger partial charge >= 0.3 is 12.4 Å². The van der Waals surface area contributed by atoms with E-state index in [0.717, 1.165) is 10.5 Å². The maximum absolute atomic E-state index is 13.7. The number of ether oxygens (including phenoxy) is 1. The predicted octanol–water partition coefficient (Wildman–Crippen LogP) is 5.63. The number of alkyl halides is 6. The molecule has 232 valence electrons. The third-order valence-corrected chi connectivity index (χ3v) is 6.95. The van der Waals surface area contributed by atoms with Crippen LogP contribution >= 0.6 is 0 Å². The monoisotopic (exact) mass is 611 g/mol. The van der Waals surface area contributed by atoms with Crippen molar-refractivity contribution in [3.63, 3.8) is 0 Å². The number of morpholine rings is 1. The number of carbonyl (C=O) groups excluding carboxylic acids is 2. The van der Waals surface area contributed by atoms with E-state index in [1.807, 2.05) is 11.0 Å². The Morgan fingerprint density at radius 2 is 1.47 bits per heavy atom. The van der Waals surface area contributed by atoms with E-state index in [1.54, 1.807) is 43.3 Å². The topological polar surface area (TPSA) is 66.2 Å². The number of carbonyl (C=O) groups is 2. The van der Waals surface area contributed by atoms with Gasteiger partial charge in [-0.1, -0.05) is 30.3 Å². The van der Waals surface area contributed by atoms with E-state index in [9.17, 15) is 35.9 Å². The highest BCUT2D eigenvalue weighted by atomic mass is 19.4. The van der Waals surface area contributed by atoms with Gasteiger partial charge in [0.25, 0.3) is 5.91 Å². The van der Waals surface area contributed by atoms with Crippen LogP contribution in [0.3, 0.4) is 0 Å². The summed E-state index contributed by atoms with van der Waals surface area (Å²) < 4.78 is 92.2. The van der Waals surface area contributed by atoms with E-state index in [1.165, 1.54) is 4.90 Å². The number of benzene rings is 2. The number of hydrogen-bond donors (Lipinski definition) is 0. The third-order valence-electron chi connectivity index (χ3n) is 6.95. The van der Waals surface area contributed by atoms with Gasteiger partial charge < -0.3 is 19.0 Å². The first kappa shape index (κ1) is 32.1. The largest absolute Gasteiger partial charge is 0.464 e. The molecule has 0 atom stereocenters. The van der Waals surface area contributed by atoms with Gasteiger partial charge in [-0.25, -0.2) is 0 Å². The minimum atomic E-state index is -5.13. The lowest BCUT2D eigenvalue weighted by Crippen LogP contribution is -2.47. The van der Waals surface area contributed by atoms with E-state index < -0.39 is 47.4 Å². The Bertz CT molecular complexity index is 1350. The standard InChI is InChI=1S/C30H31F6N3O4/c1-21-7-8-26(43-21)19-39(18-22-5-3-2-4-6-22)27(40)20-38(10-9-37-11-13-42-14-12-37)28(41)23-15-24(29(31,32)33)17-25(16-23)30(34,35)36/h2-8,15-17H,9-14,18-20H2,1H3. The van der Waals surface area contributed by atoms with E-state index in [2.05, 4.69) is 0 Å². The summed E-state index contributed by atoms with van der Waals surface area (Å²) in [6, 6.07) is 13.2. The fourth-order valence-corrected chi connectivity index (χ4v) is 4.66. The maximum atomic E-state index is 13.7. The molecule has 2 heterocycles. The molecule has 3 aromatic rings. The molecule has 43 heavy (non-hydrogen) atoms. The second-order valence-electron chi connectivity index (χ2n) is 10.2. The molecule has 1 aliphatic heterocycles. The Labute approximate surface area is 244 Å². The van der Waals surface area contributed by atoms with Gasteiger partial charge in [0.15, 0.2) is 0 Å². The minimum Gasteiger partial charge on any atom is -0.464 e. The van der Waals surface area contributed by atoms with Crippen molar-refractivity contribution in [1.82, 2.24) is 14.7 Å². The summed E-state index contributed by atoms with van der Waals surface area (Å²) in [5, 5.41) is 0.